The Kier molecular flexibility index (Phi) is 4.94. The van der Waals surface area contributed by atoms with Crippen LogP contribution >= 0.6 is 0 Å². The van der Waals surface area contributed by atoms with E-state index in [1.54, 1.807) is 0 Å². The van der Waals surface area contributed by atoms with Gasteiger partial charge < -0.3 is 20.5 Å². The molecule has 116 valence electrons. The predicted molar refractivity (Wildman–Crippen MR) is 85.0 cm³/mol. The smallest absolute Gasteiger partial charge is 0.189 e. The van der Waals surface area contributed by atoms with Gasteiger partial charge in [0.25, 0.3) is 0 Å². The second-order valence-corrected chi connectivity index (χ2v) is 5.63. The van der Waals surface area contributed by atoms with Crippen molar-refractivity contribution >= 4 is 5.96 Å². The highest BCUT2D eigenvalue weighted by Gasteiger charge is 2.21. The quantitative estimate of drug-likeness (QED) is 0.645. The minimum Gasteiger partial charge on any atom is -0.494 e. The van der Waals surface area contributed by atoms with Crippen LogP contribution in [-0.2, 0) is 13.0 Å². The molecule has 1 aliphatic rings. The van der Waals surface area contributed by atoms with E-state index in [2.05, 4.69) is 23.3 Å². The maximum absolute atomic E-state index is 5.85. The maximum atomic E-state index is 5.85. The SMILES string of the molecule is CCOc1cc2c(cc1CN=C(N)NC(C)C)OC(C)C2. The summed E-state index contributed by atoms with van der Waals surface area (Å²) in [6, 6.07) is 4.36. The second-order valence-electron chi connectivity index (χ2n) is 5.63. The lowest BCUT2D eigenvalue weighted by Crippen LogP contribution is -2.36. The van der Waals surface area contributed by atoms with Gasteiger partial charge in [-0.1, -0.05) is 0 Å². The van der Waals surface area contributed by atoms with Crippen LogP contribution in [-0.4, -0.2) is 24.7 Å². The molecule has 5 nitrogen and oxygen atoms in total. The molecule has 1 aliphatic heterocycles. The Bertz CT molecular complexity index is 526. The Morgan fingerprint density at radius 1 is 1.52 bits per heavy atom. The number of benzene rings is 1. The molecule has 0 saturated carbocycles. The Hall–Kier alpha value is -1.91. The van der Waals surface area contributed by atoms with E-state index in [4.69, 9.17) is 15.2 Å². The van der Waals surface area contributed by atoms with Gasteiger partial charge in [-0.15, -0.1) is 0 Å². The van der Waals surface area contributed by atoms with Gasteiger partial charge in [0.1, 0.15) is 17.6 Å². The molecule has 0 saturated heterocycles. The van der Waals surface area contributed by atoms with Gasteiger partial charge in [-0.2, -0.15) is 0 Å². The number of ether oxygens (including phenoxy) is 2. The first-order chi connectivity index (χ1) is 9.99. The second kappa shape index (κ2) is 6.70. The molecule has 21 heavy (non-hydrogen) atoms. The summed E-state index contributed by atoms with van der Waals surface area (Å²) in [5.74, 6) is 2.25. The third kappa shape index (κ3) is 4.03. The number of nitrogens with zero attached hydrogens (tertiary/aromatic N) is 1. The standard InChI is InChI=1S/C16H25N3O2/c1-5-20-14-7-12-6-11(4)21-15(12)8-13(14)9-18-16(17)19-10(2)3/h7-8,10-11H,5-6,9H2,1-4H3,(H3,17,18,19). The molecule has 0 bridgehead atoms. The van der Waals surface area contributed by atoms with Gasteiger partial charge in [0.05, 0.1) is 13.2 Å². The van der Waals surface area contributed by atoms with Gasteiger partial charge in [0.2, 0.25) is 0 Å². The largest absolute Gasteiger partial charge is 0.494 e. The lowest BCUT2D eigenvalue weighted by Gasteiger charge is -2.12. The van der Waals surface area contributed by atoms with E-state index in [1.165, 1.54) is 5.56 Å². The molecule has 1 aromatic rings. The van der Waals surface area contributed by atoms with Gasteiger partial charge in [0, 0.05) is 23.6 Å². The zero-order valence-electron chi connectivity index (χ0n) is 13.3. The van der Waals surface area contributed by atoms with E-state index in [0.29, 0.717) is 19.1 Å². The van der Waals surface area contributed by atoms with Crippen molar-refractivity contribution in [2.24, 2.45) is 10.7 Å². The molecule has 0 aromatic heterocycles. The average Bonchev–Trinajstić information content (AvgIpc) is 2.74. The molecule has 5 heteroatoms. The fraction of sp³-hybridized carbons (Fsp3) is 0.562. The van der Waals surface area contributed by atoms with Crippen molar-refractivity contribution in [3.8, 4) is 11.5 Å². The van der Waals surface area contributed by atoms with Crippen LogP contribution in [0.5, 0.6) is 11.5 Å². The fourth-order valence-corrected chi connectivity index (χ4v) is 2.41. The first kappa shape index (κ1) is 15.5. The molecule has 0 amide bonds. The van der Waals surface area contributed by atoms with Crippen LogP contribution < -0.4 is 20.5 Å². The molecule has 1 heterocycles. The van der Waals surface area contributed by atoms with Crippen LogP contribution in [0.15, 0.2) is 17.1 Å². The predicted octanol–water partition coefficient (Wildman–Crippen LogP) is 2.22. The van der Waals surface area contributed by atoms with Gasteiger partial charge in [-0.05, 0) is 39.8 Å². The van der Waals surface area contributed by atoms with Crippen molar-refractivity contribution in [3.05, 3.63) is 23.3 Å². The number of hydrogen-bond acceptors (Lipinski definition) is 3. The number of aliphatic imine (C=N–C) groups is 1. The average molecular weight is 291 g/mol. The molecule has 0 aliphatic carbocycles. The van der Waals surface area contributed by atoms with Crippen LogP contribution in [0.3, 0.4) is 0 Å². The number of hydrogen-bond donors (Lipinski definition) is 2. The molecule has 2 rings (SSSR count). The Balaban J connectivity index is 2.19. The maximum Gasteiger partial charge on any atom is 0.189 e. The first-order valence-corrected chi connectivity index (χ1v) is 7.51. The monoisotopic (exact) mass is 291 g/mol. The van der Waals surface area contributed by atoms with E-state index in [9.17, 15) is 0 Å². The topological polar surface area (TPSA) is 68.9 Å². The van der Waals surface area contributed by atoms with Crippen molar-refractivity contribution in [2.45, 2.75) is 52.8 Å². The molecule has 0 fully saturated rings. The summed E-state index contributed by atoms with van der Waals surface area (Å²) in [7, 11) is 0. The first-order valence-electron chi connectivity index (χ1n) is 7.51. The van der Waals surface area contributed by atoms with Crippen LogP contribution in [0.4, 0.5) is 0 Å². The van der Waals surface area contributed by atoms with E-state index in [-0.39, 0.29) is 12.1 Å². The van der Waals surface area contributed by atoms with Gasteiger partial charge in [0.15, 0.2) is 5.96 Å². The molecule has 0 spiro atoms. The molecular weight excluding hydrogens is 266 g/mol. The molecule has 1 atom stereocenters. The van der Waals surface area contributed by atoms with Crippen LogP contribution in [0.2, 0.25) is 0 Å². The molecule has 1 unspecified atom stereocenters. The van der Waals surface area contributed by atoms with Crippen LogP contribution in [0.1, 0.15) is 38.8 Å². The summed E-state index contributed by atoms with van der Waals surface area (Å²) < 4.78 is 11.5. The minimum atomic E-state index is 0.223. The lowest BCUT2D eigenvalue weighted by molar-refractivity contribution is 0.254. The third-order valence-corrected chi connectivity index (χ3v) is 3.24. The summed E-state index contributed by atoms with van der Waals surface area (Å²) in [6.07, 6.45) is 1.15. The van der Waals surface area contributed by atoms with Crippen molar-refractivity contribution in [1.82, 2.24) is 5.32 Å². The number of fused-ring (bicyclic) bond motifs is 1. The van der Waals surface area contributed by atoms with Crippen LogP contribution in [0, 0.1) is 0 Å². The number of nitrogens with one attached hydrogen (secondary N) is 1. The van der Waals surface area contributed by atoms with Crippen LogP contribution in [0.25, 0.3) is 0 Å². The highest BCUT2D eigenvalue weighted by atomic mass is 16.5. The Labute approximate surface area is 126 Å². The molecule has 0 radical (unpaired) electrons. The molecule has 1 aromatic carbocycles. The number of guanidine groups is 1. The Morgan fingerprint density at radius 2 is 2.29 bits per heavy atom. The Morgan fingerprint density at radius 3 is 2.95 bits per heavy atom. The van der Waals surface area contributed by atoms with E-state index < -0.39 is 0 Å². The highest BCUT2D eigenvalue weighted by Crippen LogP contribution is 2.35. The van der Waals surface area contributed by atoms with Gasteiger partial charge in [-0.25, -0.2) is 4.99 Å². The van der Waals surface area contributed by atoms with E-state index in [1.807, 2.05) is 26.8 Å². The van der Waals surface area contributed by atoms with Gasteiger partial charge in [-0.3, -0.25) is 0 Å². The zero-order chi connectivity index (χ0) is 15.4. The summed E-state index contributed by atoms with van der Waals surface area (Å²) >= 11 is 0. The summed E-state index contributed by atoms with van der Waals surface area (Å²) in [5, 5.41) is 3.08. The molecule has 3 N–H and O–H groups in total. The van der Waals surface area contributed by atoms with E-state index in [0.717, 1.165) is 23.5 Å². The van der Waals surface area contributed by atoms with Crippen molar-refractivity contribution in [2.75, 3.05) is 6.61 Å². The summed E-state index contributed by atoms with van der Waals surface area (Å²) in [5.41, 5.74) is 8.05. The highest BCUT2D eigenvalue weighted by molar-refractivity contribution is 5.78. The van der Waals surface area contributed by atoms with Gasteiger partial charge >= 0.3 is 0 Å². The van der Waals surface area contributed by atoms with Crippen molar-refractivity contribution in [3.63, 3.8) is 0 Å². The summed E-state index contributed by atoms with van der Waals surface area (Å²) in [4.78, 5) is 4.37. The number of rotatable bonds is 5. The number of nitrogens with two attached hydrogens (primary N) is 1. The summed E-state index contributed by atoms with van der Waals surface area (Å²) in [6.45, 7) is 9.21. The lowest BCUT2D eigenvalue weighted by atomic mass is 10.1. The van der Waals surface area contributed by atoms with Crippen molar-refractivity contribution < 1.29 is 9.47 Å². The normalized spacial score (nSPS) is 17.6. The zero-order valence-corrected chi connectivity index (χ0v) is 13.3. The van der Waals surface area contributed by atoms with Crippen molar-refractivity contribution in [1.29, 1.82) is 0 Å². The fourth-order valence-electron chi connectivity index (χ4n) is 2.41. The molecular formula is C16H25N3O2. The van der Waals surface area contributed by atoms with E-state index >= 15 is 0 Å². The minimum absolute atomic E-state index is 0.223. The third-order valence-electron chi connectivity index (χ3n) is 3.24.